The summed E-state index contributed by atoms with van der Waals surface area (Å²) in [6, 6.07) is 8.54. The minimum absolute atomic E-state index is 0.0104. The van der Waals surface area contributed by atoms with Gasteiger partial charge in [-0.25, -0.2) is 0 Å². The van der Waals surface area contributed by atoms with Gasteiger partial charge in [0.1, 0.15) is 23.1 Å². The van der Waals surface area contributed by atoms with Gasteiger partial charge >= 0.3 is 0 Å². The number of ether oxygens (including phenoxy) is 1. The largest absolute Gasteiger partial charge is 0.489 e. The van der Waals surface area contributed by atoms with Gasteiger partial charge in [0.25, 0.3) is 0 Å². The highest BCUT2D eigenvalue weighted by atomic mass is 16.5. The van der Waals surface area contributed by atoms with Gasteiger partial charge in [0.15, 0.2) is 11.5 Å². The fraction of sp³-hybridized carbons (Fsp3) is 0.250. The van der Waals surface area contributed by atoms with Crippen LogP contribution >= 0.6 is 0 Å². The Labute approximate surface area is 150 Å². The first-order valence-corrected chi connectivity index (χ1v) is 8.38. The van der Waals surface area contributed by atoms with Crippen molar-refractivity contribution in [2.75, 3.05) is 20.6 Å². The van der Waals surface area contributed by atoms with Gasteiger partial charge in [0, 0.05) is 24.2 Å². The first kappa shape index (κ1) is 16.5. The van der Waals surface area contributed by atoms with E-state index in [1.54, 1.807) is 30.3 Å². The molecule has 1 atom stereocenters. The lowest BCUT2D eigenvalue weighted by molar-refractivity contribution is 0.0958. The van der Waals surface area contributed by atoms with Crippen LogP contribution < -0.4 is 4.74 Å². The Hall–Kier alpha value is -2.99. The van der Waals surface area contributed by atoms with Crippen molar-refractivity contribution in [2.45, 2.75) is 13.0 Å². The quantitative estimate of drug-likeness (QED) is 0.563. The SMILES string of the molecule is CC(CN(C)C)Oc1ccc2c3c(oc2c1)C(=O)c1ncccc1C3=O. The number of benzene rings is 1. The molecule has 26 heavy (non-hydrogen) atoms. The Morgan fingerprint density at radius 2 is 2.00 bits per heavy atom. The molecular formula is C20H18N2O4. The number of pyridine rings is 1. The maximum absolute atomic E-state index is 12.8. The van der Waals surface area contributed by atoms with Gasteiger partial charge in [0.05, 0.1) is 11.1 Å². The van der Waals surface area contributed by atoms with Crippen LogP contribution in [0.15, 0.2) is 40.9 Å². The summed E-state index contributed by atoms with van der Waals surface area (Å²) in [5, 5.41) is 0.612. The lowest BCUT2D eigenvalue weighted by Crippen LogP contribution is -2.27. The Balaban J connectivity index is 1.76. The number of carbonyl (C=O) groups is 2. The fourth-order valence-corrected chi connectivity index (χ4v) is 3.33. The minimum Gasteiger partial charge on any atom is -0.489 e. The minimum atomic E-state index is -0.366. The van der Waals surface area contributed by atoms with E-state index in [-0.39, 0.29) is 29.1 Å². The van der Waals surface area contributed by atoms with Crippen LogP contribution in [0.5, 0.6) is 5.75 Å². The average molecular weight is 350 g/mol. The van der Waals surface area contributed by atoms with Crippen molar-refractivity contribution in [3.63, 3.8) is 0 Å². The normalized spacial score (nSPS) is 14.5. The van der Waals surface area contributed by atoms with Gasteiger partial charge in [-0.05, 0) is 45.3 Å². The van der Waals surface area contributed by atoms with E-state index in [0.717, 1.165) is 6.54 Å². The molecule has 4 rings (SSSR count). The van der Waals surface area contributed by atoms with Crippen molar-refractivity contribution >= 4 is 22.5 Å². The number of furan rings is 1. The number of fused-ring (bicyclic) bond motifs is 4. The molecule has 1 unspecified atom stereocenters. The fourth-order valence-electron chi connectivity index (χ4n) is 3.33. The van der Waals surface area contributed by atoms with Crippen molar-refractivity contribution in [3.8, 4) is 5.75 Å². The zero-order chi connectivity index (χ0) is 18.4. The maximum Gasteiger partial charge on any atom is 0.248 e. The second-order valence-electron chi connectivity index (χ2n) is 6.71. The van der Waals surface area contributed by atoms with E-state index in [0.29, 0.717) is 27.8 Å². The number of nitrogens with zero attached hydrogens (tertiary/aromatic N) is 2. The molecular weight excluding hydrogens is 332 g/mol. The van der Waals surface area contributed by atoms with E-state index < -0.39 is 0 Å². The zero-order valence-electron chi connectivity index (χ0n) is 14.8. The van der Waals surface area contributed by atoms with Crippen LogP contribution in [0.25, 0.3) is 11.0 Å². The summed E-state index contributed by atoms with van der Waals surface area (Å²) in [5.74, 6) is 0.0779. The Morgan fingerprint density at radius 3 is 2.77 bits per heavy atom. The standard InChI is InChI=1S/C20H18N2O4/c1-11(10-22(2)3)25-12-6-7-13-15(9-12)26-20-16(13)18(23)14-5-4-8-21-17(14)19(20)24/h4-9,11H,10H2,1-3H3. The summed E-state index contributed by atoms with van der Waals surface area (Å²) in [6.07, 6.45) is 1.49. The lowest BCUT2D eigenvalue weighted by atomic mass is 9.90. The molecule has 0 radical (unpaired) electrons. The van der Waals surface area contributed by atoms with Crippen LogP contribution in [0.4, 0.5) is 0 Å². The van der Waals surface area contributed by atoms with Crippen molar-refractivity contribution in [2.24, 2.45) is 0 Å². The number of rotatable bonds is 4. The number of hydrogen-bond acceptors (Lipinski definition) is 6. The summed E-state index contributed by atoms with van der Waals surface area (Å²) in [6.45, 7) is 2.75. The molecule has 6 heteroatoms. The number of hydrogen-bond donors (Lipinski definition) is 0. The second-order valence-corrected chi connectivity index (χ2v) is 6.71. The molecule has 2 aromatic heterocycles. The van der Waals surface area contributed by atoms with E-state index in [9.17, 15) is 9.59 Å². The van der Waals surface area contributed by atoms with E-state index >= 15 is 0 Å². The molecule has 0 bridgehead atoms. The topological polar surface area (TPSA) is 72.6 Å². The molecule has 1 aromatic carbocycles. The molecule has 0 amide bonds. The predicted octanol–water partition coefficient (Wildman–Crippen LogP) is 2.93. The third-order valence-corrected chi connectivity index (χ3v) is 4.32. The van der Waals surface area contributed by atoms with Crippen molar-refractivity contribution in [3.05, 3.63) is 59.1 Å². The molecule has 0 N–H and O–H groups in total. The molecule has 3 aromatic rings. The summed E-state index contributed by atoms with van der Waals surface area (Å²) in [5.41, 5.74) is 1.21. The van der Waals surface area contributed by atoms with Crippen LogP contribution in [0.2, 0.25) is 0 Å². The van der Waals surface area contributed by atoms with Crippen LogP contribution in [-0.4, -0.2) is 48.2 Å². The molecule has 0 aliphatic heterocycles. The van der Waals surface area contributed by atoms with Gasteiger partial charge in [0.2, 0.25) is 5.78 Å². The van der Waals surface area contributed by atoms with Gasteiger partial charge in [-0.1, -0.05) is 0 Å². The lowest BCUT2D eigenvalue weighted by Gasteiger charge is -2.18. The Kier molecular flexibility index (Phi) is 3.85. The van der Waals surface area contributed by atoms with Gasteiger partial charge in [-0.15, -0.1) is 0 Å². The van der Waals surface area contributed by atoms with Crippen LogP contribution in [0.3, 0.4) is 0 Å². The highest BCUT2D eigenvalue weighted by Gasteiger charge is 2.36. The average Bonchev–Trinajstić information content (AvgIpc) is 2.98. The predicted molar refractivity (Wildman–Crippen MR) is 96.0 cm³/mol. The zero-order valence-corrected chi connectivity index (χ0v) is 14.8. The van der Waals surface area contributed by atoms with Gasteiger partial charge in [-0.3, -0.25) is 14.6 Å². The summed E-state index contributed by atoms with van der Waals surface area (Å²) in [4.78, 5) is 31.6. The molecule has 0 fully saturated rings. The molecule has 6 nitrogen and oxygen atoms in total. The molecule has 1 aliphatic rings. The highest BCUT2D eigenvalue weighted by Crippen LogP contribution is 2.35. The van der Waals surface area contributed by atoms with Crippen LogP contribution in [0.1, 0.15) is 39.1 Å². The number of carbonyl (C=O) groups excluding carboxylic acids is 2. The summed E-state index contributed by atoms with van der Waals surface area (Å²) >= 11 is 0. The van der Waals surface area contributed by atoms with Crippen LogP contribution in [0, 0.1) is 0 Å². The van der Waals surface area contributed by atoms with Crippen LogP contribution in [-0.2, 0) is 0 Å². The van der Waals surface area contributed by atoms with Gasteiger partial charge < -0.3 is 14.1 Å². The number of ketones is 2. The Bertz CT molecular complexity index is 1040. The highest BCUT2D eigenvalue weighted by molar-refractivity contribution is 6.30. The van der Waals surface area contributed by atoms with Crippen molar-refractivity contribution in [1.29, 1.82) is 0 Å². The molecule has 0 saturated heterocycles. The molecule has 0 spiro atoms. The van der Waals surface area contributed by atoms with Crippen molar-refractivity contribution < 1.29 is 18.7 Å². The Morgan fingerprint density at radius 1 is 1.19 bits per heavy atom. The first-order valence-electron chi connectivity index (χ1n) is 8.38. The van der Waals surface area contributed by atoms with E-state index in [1.807, 2.05) is 25.9 Å². The van der Waals surface area contributed by atoms with E-state index in [2.05, 4.69) is 4.98 Å². The molecule has 1 aliphatic carbocycles. The summed E-state index contributed by atoms with van der Waals surface area (Å²) in [7, 11) is 3.96. The number of likely N-dealkylation sites (N-methyl/N-ethyl adjacent to an activating group) is 1. The molecule has 132 valence electrons. The van der Waals surface area contributed by atoms with Gasteiger partial charge in [-0.2, -0.15) is 0 Å². The van der Waals surface area contributed by atoms with E-state index in [1.165, 1.54) is 6.20 Å². The second kappa shape index (κ2) is 6.07. The number of aromatic nitrogens is 1. The first-order chi connectivity index (χ1) is 12.5. The third-order valence-electron chi connectivity index (χ3n) is 4.32. The maximum atomic E-state index is 12.8. The summed E-state index contributed by atoms with van der Waals surface area (Å²) < 4.78 is 11.6. The third kappa shape index (κ3) is 2.59. The van der Waals surface area contributed by atoms with E-state index in [4.69, 9.17) is 9.15 Å². The molecule has 2 heterocycles. The monoisotopic (exact) mass is 350 g/mol. The van der Waals surface area contributed by atoms with Crippen molar-refractivity contribution in [1.82, 2.24) is 9.88 Å². The molecule has 0 saturated carbocycles. The smallest absolute Gasteiger partial charge is 0.248 e.